The predicted molar refractivity (Wildman–Crippen MR) is 59.4 cm³/mol. The number of rotatable bonds is 3. The molecule has 1 unspecified atom stereocenters. The van der Waals surface area contributed by atoms with Crippen LogP contribution in [-0.4, -0.2) is 16.9 Å². The number of hydrogen-bond acceptors (Lipinski definition) is 2. The van der Waals surface area contributed by atoms with Gasteiger partial charge in [0.25, 0.3) is 5.91 Å². The van der Waals surface area contributed by atoms with Crippen molar-refractivity contribution >= 4 is 5.91 Å². The predicted octanol–water partition coefficient (Wildman–Crippen LogP) is 1.53. The van der Waals surface area contributed by atoms with E-state index >= 15 is 0 Å². The van der Waals surface area contributed by atoms with Crippen LogP contribution in [0.15, 0.2) is 18.2 Å². The van der Waals surface area contributed by atoms with E-state index < -0.39 is 0 Å². The molecule has 0 saturated carbocycles. The molecule has 1 aromatic heterocycles. The van der Waals surface area contributed by atoms with Gasteiger partial charge in [0, 0.05) is 18.2 Å². The molecule has 1 heterocycles. The molecule has 0 radical (unpaired) electrons. The maximum atomic E-state index is 11.6. The number of amides is 1. The second kappa shape index (κ2) is 5.16. The van der Waals surface area contributed by atoms with Gasteiger partial charge >= 0.3 is 0 Å². The van der Waals surface area contributed by atoms with Crippen LogP contribution in [0.4, 0.5) is 0 Å². The number of aryl methyl sites for hydroxylation is 1. The number of carbonyl (C=O) groups is 1. The second-order valence-electron chi connectivity index (χ2n) is 3.45. The first-order valence-corrected chi connectivity index (χ1v) is 4.81. The summed E-state index contributed by atoms with van der Waals surface area (Å²) in [7, 11) is 0. The van der Waals surface area contributed by atoms with Crippen molar-refractivity contribution in [3.8, 4) is 12.3 Å². The lowest BCUT2D eigenvalue weighted by Gasteiger charge is -2.10. The molecule has 0 fully saturated rings. The quantitative estimate of drug-likeness (QED) is 0.755. The van der Waals surface area contributed by atoms with Crippen LogP contribution >= 0.6 is 0 Å². The molecule has 1 amide bonds. The van der Waals surface area contributed by atoms with Crippen LogP contribution in [0.1, 0.15) is 29.5 Å². The molecule has 1 rings (SSSR count). The molecule has 0 spiro atoms. The van der Waals surface area contributed by atoms with E-state index in [9.17, 15) is 4.79 Å². The highest BCUT2D eigenvalue weighted by molar-refractivity contribution is 5.92. The highest BCUT2D eigenvalue weighted by Gasteiger charge is 2.09. The summed E-state index contributed by atoms with van der Waals surface area (Å²) in [6, 6.07) is 5.32. The molecule has 0 aliphatic heterocycles. The van der Waals surface area contributed by atoms with Gasteiger partial charge in [-0.05, 0) is 26.0 Å². The van der Waals surface area contributed by atoms with Gasteiger partial charge in [-0.25, -0.2) is 4.98 Å². The lowest BCUT2D eigenvalue weighted by molar-refractivity contribution is 0.0935. The first-order chi connectivity index (χ1) is 7.13. The van der Waals surface area contributed by atoms with E-state index in [0.29, 0.717) is 12.1 Å². The highest BCUT2D eigenvalue weighted by Crippen LogP contribution is 1.99. The molecule has 0 aromatic carbocycles. The van der Waals surface area contributed by atoms with Crippen LogP contribution in [-0.2, 0) is 0 Å². The van der Waals surface area contributed by atoms with E-state index in [0.717, 1.165) is 5.69 Å². The standard InChI is InChI=1S/C12H14N2O/c1-4-6-9(2)14-12(15)11-8-5-7-10(3)13-11/h1,5,7-9H,6H2,2-3H3,(H,14,15). The van der Waals surface area contributed by atoms with Gasteiger partial charge in [-0.1, -0.05) is 6.07 Å². The lowest BCUT2D eigenvalue weighted by atomic mass is 10.2. The molecule has 1 atom stereocenters. The average Bonchev–Trinajstić information content (AvgIpc) is 2.18. The fraction of sp³-hybridized carbons (Fsp3) is 0.333. The Morgan fingerprint density at radius 3 is 3.00 bits per heavy atom. The Hall–Kier alpha value is -1.82. The highest BCUT2D eigenvalue weighted by atomic mass is 16.1. The zero-order chi connectivity index (χ0) is 11.3. The molecule has 0 aliphatic carbocycles. The molecule has 1 aromatic rings. The number of nitrogens with zero attached hydrogens (tertiary/aromatic N) is 1. The van der Waals surface area contributed by atoms with Gasteiger partial charge < -0.3 is 5.32 Å². The Bertz CT molecular complexity index is 393. The van der Waals surface area contributed by atoms with Gasteiger partial charge in [0.15, 0.2) is 0 Å². The summed E-state index contributed by atoms with van der Waals surface area (Å²) in [5, 5.41) is 2.78. The summed E-state index contributed by atoms with van der Waals surface area (Å²) in [6.45, 7) is 3.72. The number of carbonyl (C=O) groups excluding carboxylic acids is 1. The average molecular weight is 202 g/mol. The first-order valence-electron chi connectivity index (χ1n) is 4.81. The first kappa shape index (κ1) is 11.3. The third-order valence-electron chi connectivity index (χ3n) is 1.92. The molecule has 15 heavy (non-hydrogen) atoms. The summed E-state index contributed by atoms with van der Waals surface area (Å²) in [4.78, 5) is 15.8. The van der Waals surface area contributed by atoms with Crippen molar-refractivity contribution in [1.29, 1.82) is 0 Å². The lowest BCUT2D eigenvalue weighted by Crippen LogP contribution is -2.32. The van der Waals surface area contributed by atoms with Crippen molar-refractivity contribution in [2.75, 3.05) is 0 Å². The van der Waals surface area contributed by atoms with Crippen molar-refractivity contribution in [1.82, 2.24) is 10.3 Å². The number of nitrogens with one attached hydrogen (secondary N) is 1. The summed E-state index contributed by atoms with van der Waals surface area (Å²) in [5.74, 6) is 2.32. The smallest absolute Gasteiger partial charge is 0.270 e. The van der Waals surface area contributed by atoms with E-state index in [2.05, 4.69) is 16.2 Å². The summed E-state index contributed by atoms with van der Waals surface area (Å²) < 4.78 is 0. The molecule has 0 bridgehead atoms. The molecule has 0 aliphatic rings. The Labute approximate surface area is 89.9 Å². The largest absolute Gasteiger partial charge is 0.347 e. The summed E-state index contributed by atoms with van der Waals surface area (Å²) in [5.41, 5.74) is 1.26. The Morgan fingerprint density at radius 2 is 2.40 bits per heavy atom. The van der Waals surface area contributed by atoms with Crippen molar-refractivity contribution in [2.24, 2.45) is 0 Å². The fourth-order valence-electron chi connectivity index (χ4n) is 1.20. The van der Waals surface area contributed by atoms with Crippen LogP contribution in [0.2, 0.25) is 0 Å². The second-order valence-corrected chi connectivity index (χ2v) is 3.45. The summed E-state index contributed by atoms with van der Waals surface area (Å²) in [6.07, 6.45) is 5.68. The maximum Gasteiger partial charge on any atom is 0.270 e. The number of aromatic nitrogens is 1. The van der Waals surface area contributed by atoms with Crippen LogP contribution in [0.25, 0.3) is 0 Å². The topological polar surface area (TPSA) is 42.0 Å². The Kier molecular flexibility index (Phi) is 3.87. The minimum Gasteiger partial charge on any atom is -0.347 e. The molecule has 0 saturated heterocycles. The SMILES string of the molecule is C#CCC(C)NC(=O)c1cccc(C)n1. The van der Waals surface area contributed by atoms with E-state index in [-0.39, 0.29) is 11.9 Å². The van der Waals surface area contributed by atoms with E-state index in [4.69, 9.17) is 6.42 Å². The zero-order valence-corrected chi connectivity index (χ0v) is 8.95. The van der Waals surface area contributed by atoms with Crippen molar-refractivity contribution in [2.45, 2.75) is 26.3 Å². The number of pyridine rings is 1. The van der Waals surface area contributed by atoms with Gasteiger partial charge in [0.05, 0.1) is 0 Å². The number of terminal acetylenes is 1. The van der Waals surface area contributed by atoms with Gasteiger partial charge in [-0.3, -0.25) is 4.79 Å². The zero-order valence-electron chi connectivity index (χ0n) is 8.95. The van der Waals surface area contributed by atoms with E-state index in [1.54, 1.807) is 6.07 Å². The van der Waals surface area contributed by atoms with E-state index in [1.807, 2.05) is 26.0 Å². The van der Waals surface area contributed by atoms with Crippen molar-refractivity contribution < 1.29 is 4.79 Å². The van der Waals surface area contributed by atoms with Crippen molar-refractivity contribution in [3.05, 3.63) is 29.6 Å². The molecule has 78 valence electrons. The van der Waals surface area contributed by atoms with Crippen LogP contribution in [0.3, 0.4) is 0 Å². The van der Waals surface area contributed by atoms with E-state index in [1.165, 1.54) is 0 Å². The minimum atomic E-state index is -0.179. The van der Waals surface area contributed by atoms with Gasteiger partial charge in [0.2, 0.25) is 0 Å². The number of hydrogen-bond donors (Lipinski definition) is 1. The Morgan fingerprint density at radius 1 is 1.67 bits per heavy atom. The third kappa shape index (κ3) is 3.43. The molecule has 3 nitrogen and oxygen atoms in total. The fourth-order valence-corrected chi connectivity index (χ4v) is 1.20. The summed E-state index contributed by atoms with van der Waals surface area (Å²) >= 11 is 0. The normalized spacial score (nSPS) is 11.5. The maximum absolute atomic E-state index is 11.6. The minimum absolute atomic E-state index is 0.0233. The van der Waals surface area contributed by atoms with Crippen LogP contribution < -0.4 is 5.32 Å². The van der Waals surface area contributed by atoms with Gasteiger partial charge in [0.1, 0.15) is 5.69 Å². The van der Waals surface area contributed by atoms with Crippen LogP contribution in [0.5, 0.6) is 0 Å². The molecular weight excluding hydrogens is 188 g/mol. The molecular formula is C12H14N2O. The molecule has 3 heteroatoms. The molecule has 1 N–H and O–H groups in total. The third-order valence-corrected chi connectivity index (χ3v) is 1.92. The van der Waals surface area contributed by atoms with Crippen LogP contribution in [0, 0.1) is 19.3 Å². The Balaban J connectivity index is 2.66. The van der Waals surface area contributed by atoms with Gasteiger partial charge in [-0.2, -0.15) is 0 Å². The van der Waals surface area contributed by atoms with Gasteiger partial charge in [-0.15, -0.1) is 12.3 Å². The monoisotopic (exact) mass is 202 g/mol. The van der Waals surface area contributed by atoms with Crippen molar-refractivity contribution in [3.63, 3.8) is 0 Å².